The SMILES string of the molecule is CN(C)CCCS(=O)(=O)N1Cc2ccccc2C(C(=O)O)C1. The first-order valence-electron chi connectivity index (χ1n) is 7.24. The van der Waals surface area contributed by atoms with Crippen LogP contribution in [0.1, 0.15) is 23.5 Å². The van der Waals surface area contributed by atoms with E-state index in [9.17, 15) is 18.3 Å². The van der Waals surface area contributed by atoms with E-state index >= 15 is 0 Å². The van der Waals surface area contributed by atoms with Gasteiger partial charge in [0.05, 0.1) is 11.7 Å². The summed E-state index contributed by atoms with van der Waals surface area (Å²) in [7, 11) is 0.341. The first-order chi connectivity index (χ1) is 10.3. The highest BCUT2D eigenvalue weighted by Crippen LogP contribution is 2.30. The molecule has 1 heterocycles. The van der Waals surface area contributed by atoms with Crippen molar-refractivity contribution in [2.24, 2.45) is 0 Å². The highest BCUT2D eigenvalue weighted by Gasteiger charge is 2.35. The first-order valence-corrected chi connectivity index (χ1v) is 8.85. The molecule has 1 unspecified atom stereocenters. The summed E-state index contributed by atoms with van der Waals surface area (Å²) >= 11 is 0. The van der Waals surface area contributed by atoms with Gasteiger partial charge in [-0.15, -0.1) is 0 Å². The van der Waals surface area contributed by atoms with Crippen LogP contribution in [0, 0.1) is 0 Å². The van der Waals surface area contributed by atoms with Gasteiger partial charge in [0.25, 0.3) is 0 Å². The van der Waals surface area contributed by atoms with Crippen LogP contribution in [0.15, 0.2) is 24.3 Å². The van der Waals surface area contributed by atoms with Crippen molar-refractivity contribution in [1.29, 1.82) is 0 Å². The summed E-state index contributed by atoms with van der Waals surface area (Å²) in [5.74, 6) is -1.74. The smallest absolute Gasteiger partial charge is 0.312 e. The standard InChI is InChI=1S/C15H22N2O4S/c1-16(2)8-5-9-22(20,21)17-10-12-6-3-4-7-13(12)14(11-17)15(18)19/h3-4,6-7,14H,5,8-11H2,1-2H3,(H,18,19). The topological polar surface area (TPSA) is 77.9 Å². The minimum Gasteiger partial charge on any atom is -0.481 e. The molecular weight excluding hydrogens is 304 g/mol. The number of fused-ring (bicyclic) bond motifs is 1. The van der Waals surface area contributed by atoms with Crippen LogP contribution >= 0.6 is 0 Å². The fourth-order valence-electron chi connectivity index (χ4n) is 2.69. The van der Waals surface area contributed by atoms with Crippen LogP contribution in [-0.2, 0) is 21.4 Å². The van der Waals surface area contributed by atoms with Crippen molar-refractivity contribution >= 4 is 16.0 Å². The second-order valence-electron chi connectivity index (χ2n) is 5.85. The molecule has 0 saturated carbocycles. The number of rotatable bonds is 6. The molecule has 22 heavy (non-hydrogen) atoms. The van der Waals surface area contributed by atoms with Gasteiger partial charge in [0.15, 0.2) is 0 Å². The molecule has 0 radical (unpaired) electrons. The monoisotopic (exact) mass is 326 g/mol. The number of carbonyl (C=O) groups is 1. The van der Waals surface area contributed by atoms with Crippen molar-refractivity contribution in [3.8, 4) is 0 Å². The van der Waals surface area contributed by atoms with Crippen molar-refractivity contribution in [3.05, 3.63) is 35.4 Å². The molecule has 0 amide bonds. The Hall–Kier alpha value is -1.44. The van der Waals surface area contributed by atoms with Crippen LogP contribution in [0.5, 0.6) is 0 Å². The van der Waals surface area contributed by atoms with E-state index in [0.29, 0.717) is 13.0 Å². The number of hydrogen-bond donors (Lipinski definition) is 1. The van der Waals surface area contributed by atoms with Crippen LogP contribution in [0.25, 0.3) is 0 Å². The molecule has 1 aliphatic rings. The Morgan fingerprint density at radius 3 is 2.68 bits per heavy atom. The third-order valence-electron chi connectivity index (χ3n) is 3.86. The highest BCUT2D eigenvalue weighted by atomic mass is 32.2. The lowest BCUT2D eigenvalue weighted by Gasteiger charge is -2.32. The maximum absolute atomic E-state index is 12.5. The quantitative estimate of drug-likeness (QED) is 0.842. The zero-order valence-corrected chi connectivity index (χ0v) is 13.7. The Bertz CT molecular complexity index is 643. The second-order valence-corrected chi connectivity index (χ2v) is 7.94. The van der Waals surface area contributed by atoms with Crippen molar-refractivity contribution in [2.75, 3.05) is 32.9 Å². The predicted molar refractivity (Wildman–Crippen MR) is 84.2 cm³/mol. The lowest BCUT2D eigenvalue weighted by Crippen LogP contribution is -2.41. The molecule has 0 aliphatic carbocycles. The minimum atomic E-state index is -3.44. The number of nitrogens with zero attached hydrogens (tertiary/aromatic N) is 2. The van der Waals surface area contributed by atoms with Crippen molar-refractivity contribution < 1.29 is 18.3 Å². The lowest BCUT2D eigenvalue weighted by molar-refractivity contribution is -0.139. The predicted octanol–water partition coefficient (Wildman–Crippen LogP) is 0.952. The number of hydrogen-bond acceptors (Lipinski definition) is 4. The molecule has 1 atom stereocenters. The maximum Gasteiger partial charge on any atom is 0.312 e. The molecule has 2 rings (SSSR count). The van der Waals surface area contributed by atoms with Crippen LogP contribution in [0.2, 0.25) is 0 Å². The highest BCUT2D eigenvalue weighted by molar-refractivity contribution is 7.89. The van der Waals surface area contributed by atoms with Gasteiger partial charge in [0.2, 0.25) is 10.0 Å². The maximum atomic E-state index is 12.5. The summed E-state index contributed by atoms with van der Waals surface area (Å²) in [5, 5.41) is 9.39. The molecule has 6 nitrogen and oxygen atoms in total. The number of carboxylic acids is 1. The van der Waals surface area contributed by atoms with Gasteiger partial charge in [-0.25, -0.2) is 8.42 Å². The van der Waals surface area contributed by atoms with E-state index in [1.165, 1.54) is 4.31 Å². The molecule has 1 N–H and O–H groups in total. The molecule has 1 aromatic carbocycles. The van der Waals surface area contributed by atoms with Crippen molar-refractivity contribution in [1.82, 2.24) is 9.21 Å². The molecule has 0 saturated heterocycles. The summed E-state index contributed by atoms with van der Waals surface area (Å²) in [6.45, 7) is 0.951. The average molecular weight is 326 g/mol. The van der Waals surface area contributed by atoms with E-state index in [1.807, 2.05) is 19.0 Å². The van der Waals surface area contributed by atoms with E-state index in [2.05, 4.69) is 0 Å². The Balaban J connectivity index is 2.18. The Morgan fingerprint density at radius 2 is 2.05 bits per heavy atom. The normalized spacial score (nSPS) is 19.1. The van der Waals surface area contributed by atoms with E-state index in [1.54, 1.807) is 24.3 Å². The molecule has 0 spiro atoms. The largest absolute Gasteiger partial charge is 0.481 e. The minimum absolute atomic E-state index is 0.0106. The lowest BCUT2D eigenvalue weighted by atomic mass is 9.91. The van der Waals surface area contributed by atoms with E-state index in [4.69, 9.17) is 0 Å². The zero-order chi connectivity index (χ0) is 16.3. The Labute approximate surface area is 131 Å². The van der Waals surface area contributed by atoms with Gasteiger partial charge in [-0.1, -0.05) is 24.3 Å². The molecule has 0 fully saturated rings. The van der Waals surface area contributed by atoms with Gasteiger partial charge in [-0.2, -0.15) is 4.31 Å². The van der Waals surface area contributed by atoms with E-state index in [0.717, 1.165) is 11.1 Å². The number of sulfonamides is 1. The molecule has 0 bridgehead atoms. The van der Waals surface area contributed by atoms with Gasteiger partial charge >= 0.3 is 5.97 Å². The fourth-order valence-corrected chi connectivity index (χ4v) is 4.15. The molecule has 7 heteroatoms. The van der Waals surface area contributed by atoms with Crippen LogP contribution < -0.4 is 0 Å². The Morgan fingerprint density at radius 1 is 1.36 bits per heavy atom. The molecule has 122 valence electrons. The summed E-state index contributed by atoms with van der Waals surface area (Å²) < 4.78 is 26.2. The molecule has 1 aliphatic heterocycles. The number of aliphatic carboxylic acids is 1. The molecule has 0 aromatic heterocycles. The first kappa shape index (κ1) is 16.9. The van der Waals surface area contributed by atoms with Gasteiger partial charge in [-0.05, 0) is 38.2 Å². The van der Waals surface area contributed by atoms with Crippen LogP contribution in [0.3, 0.4) is 0 Å². The van der Waals surface area contributed by atoms with Crippen molar-refractivity contribution in [2.45, 2.75) is 18.9 Å². The van der Waals surface area contributed by atoms with Gasteiger partial charge in [0, 0.05) is 13.1 Å². The zero-order valence-electron chi connectivity index (χ0n) is 12.9. The van der Waals surface area contributed by atoms with Crippen LogP contribution in [0.4, 0.5) is 0 Å². The Kier molecular flexibility index (Phi) is 5.20. The summed E-state index contributed by atoms with van der Waals surface area (Å²) in [6.07, 6.45) is 0.533. The van der Waals surface area contributed by atoms with E-state index < -0.39 is 21.9 Å². The second kappa shape index (κ2) is 6.76. The summed E-state index contributed by atoms with van der Waals surface area (Å²) in [4.78, 5) is 13.4. The average Bonchev–Trinajstić information content (AvgIpc) is 2.45. The van der Waals surface area contributed by atoms with E-state index in [-0.39, 0.29) is 18.8 Å². The number of carboxylic acid groups (broad SMARTS) is 1. The summed E-state index contributed by atoms with van der Waals surface area (Å²) in [6, 6.07) is 7.16. The van der Waals surface area contributed by atoms with Gasteiger partial charge < -0.3 is 10.0 Å². The molecule has 1 aromatic rings. The van der Waals surface area contributed by atoms with Gasteiger partial charge in [0.1, 0.15) is 0 Å². The number of benzene rings is 1. The van der Waals surface area contributed by atoms with Gasteiger partial charge in [-0.3, -0.25) is 4.79 Å². The van der Waals surface area contributed by atoms with Crippen molar-refractivity contribution in [3.63, 3.8) is 0 Å². The third-order valence-corrected chi connectivity index (χ3v) is 5.73. The summed E-state index contributed by atoms with van der Waals surface area (Å²) in [5.41, 5.74) is 1.49. The fraction of sp³-hybridized carbons (Fsp3) is 0.533. The molecular formula is C15H22N2O4S. The third kappa shape index (κ3) is 3.85. The van der Waals surface area contributed by atoms with Crippen LogP contribution in [-0.4, -0.2) is 61.6 Å².